The van der Waals surface area contributed by atoms with E-state index in [9.17, 15) is 9.90 Å². The molecule has 110 valence electrons. The van der Waals surface area contributed by atoms with Crippen molar-refractivity contribution >= 4 is 5.94 Å². The molecule has 0 saturated heterocycles. The summed E-state index contributed by atoms with van der Waals surface area (Å²) in [6.07, 6.45) is 2.83. The molecule has 0 spiro atoms. The topological polar surface area (TPSA) is 46.5 Å². The van der Waals surface area contributed by atoms with Crippen molar-refractivity contribution in [1.29, 1.82) is 0 Å². The summed E-state index contributed by atoms with van der Waals surface area (Å²) in [5, 5.41) is 9.97. The van der Waals surface area contributed by atoms with Crippen LogP contribution in [-0.2, 0) is 16.0 Å². The maximum absolute atomic E-state index is 11.0. The molecule has 3 nitrogen and oxygen atoms in total. The van der Waals surface area contributed by atoms with Gasteiger partial charge in [-0.1, -0.05) is 49.6 Å². The van der Waals surface area contributed by atoms with Gasteiger partial charge < -0.3 is 9.84 Å². The van der Waals surface area contributed by atoms with E-state index >= 15 is 0 Å². The number of hydrogen-bond acceptors (Lipinski definition) is 3. The lowest BCUT2D eigenvalue weighted by atomic mass is 10.1. The number of allylic oxidation sites excluding steroid dienone is 2. The quantitative estimate of drug-likeness (QED) is 0.376. The molecule has 1 rings (SSSR count). The van der Waals surface area contributed by atoms with E-state index in [1.54, 1.807) is 0 Å². The highest BCUT2D eigenvalue weighted by atomic mass is 16.5. The second kappa shape index (κ2) is 9.47. The number of aliphatic hydroxyl groups is 1. The smallest absolute Gasteiger partial charge is 0.211 e. The Kier molecular flexibility index (Phi) is 7.50. The first-order chi connectivity index (χ1) is 10.2. The van der Waals surface area contributed by atoms with Gasteiger partial charge >= 0.3 is 0 Å². The van der Waals surface area contributed by atoms with Gasteiger partial charge in [-0.2, -0.15) is 0 Å². The zero-order valence-electron chi connectivity index (χ0n) is 12.5. The Balaban J connectivity index is 2.85. The van der Waals surface area contributed by atoms with E-state index in [2.05, 4.69) is 11.8 Å². The van der Waals surface area contributed by atoms with Crippen molar-refractivity contribution in [2.75, 3.05) is 7.11 Å². The number of ether oxygens (including phenoxy) is 1. The van der Waals surface area contributed by atoms with Crippen LogP contribution in [0.5, 0.6) is 0 Å². The molecule has 1 aromatic carbocycles. The van der Waals surface area contributed by atoms with Gasteiger partial charge in [0.15, 0.2) is 5.76 Å². The number of aliphatic hydroxyl groups excluding tert-OH is 1. The number of benzene rings is 1. The summed E-state index contributed by atoms with van der Waals surface area (Å²) in [4.78, 5) is 11.0. The van der Waals surface area contributed by atoms with Crippen LogP contribution in [0.3, 0.4) is 0 Å². The summed E-state index contributed by atoms with van der Waals surface area (Å²) in [5.41, 5.74) is 1.39. The first-order valence-corrected chi connectivity index (χ1v) is 6.97. The van der Waals surface area contributed by atoms with Crippen LogP contribution in [0, 0.1) is 11.8 Å². The molecule has 0 fully saturated rings. The van der Waals surface area contributed by atoms with Crippen molar-refractivity contribution in [3.63, 3.8) is 0 Å². The minimum atomic E-state index is -0.220. The molecule has 0 aliphatic heterocycles. The number of rotatable bonds is 6. The van der Waals surface area contributed by atoms with E-state index in [1.807, 2.05) is 43.2 Å². The summed E-state index contributed by atoms with van der Waals surface area (Å²) >= 11 is 0. The fraction of sp³-hybridized carbons (Fsp3) is 0.333. The van der Waals surface area contributed by atoms with Crippen LogP contribution in [0.2, 0.25) is 0 Å². The lowest BCUT2D eigenvalue weighted by Crippen LogP contribution is -1.99. The average molecular weight is 284 g/mol. The normalized spacial score (nSPS) is 10.8. The maximum Gasteiger partial charge on any atom is 0.211 e. The third-order valence-electron chi connectivity index (χ3n) is 2.94. The second-order valence-electron chi connectivity index (χ2n) is 4.53. The Labute approximate surface area is 126 Å². The molecule has 0 aliphatic carbocycles. The van der Waals surface area contributed by atoms with Crippen molar-refractivity contribution in [1.82, 2.24) is 0 Å². The van der Waals surface area contributed by atoms with Crippen molar-refractivity contribution < 1.29 is 14.6 Å². The van der Waals surface area contributed by atoms with Crippen molar-refractivity contribution in [2.24, 2.45) is 0 Å². The van der Waals surface area contributed by atoms with E-state index in [0.717, 1.165) is 18.4 Å². The largest absolute Gasteiger partial charge is 0.498 e. The molecular formula is C18H20O3. The molecule has 0 unspecified atom stereocenters. The molecule has 0 atom stereocenters. The molecule has 0 radical (unpaired) electrons. The Bertz CT molecular complexity index is 582. The Morgan fingerprint density at radius 2 is 2.00 bits per heavy atom. The highest BCUT2D eigenvalue weighted by Gasteiger charge is 2.11. The Morgan fingerprint density at radius 1 is 1.29 bits per heavy atom. The van der Waals surface area contributed by atoms with Crippen LogP contribution in [-0.4, -0.2) is 18.2 Å². The van der Waals surface area contributed by atoms with E-state index in [1.165, 1.54) is 7.11 Å². The van der Waals surface area contributed by atoms with Gasteiger partial charge in [0.25, 0.3) is 0 Å². The third-order valence-corrected chi connectivity index (χ3v) is 2.94. The zero-order valence-corrected chi connectivity index (χ0v) is 12.5. The lowest BCUT2D eigenvalue weighted by Gasteiger charge is -2.07. The number of methoxy groups -OCH3 is 1. The first kappa shape index (κ1) is 16.6. The molecule has 1 aromatic rings. The Hall–Kier alpha value is -2.43. The lowest BCUT2D eigenvalue weighted by molar-refractivity contribution is 0.269. The van der Waals surface area contributed by atoms with Crippen LogP contribution >= 0.6 is 0 Å². The maximum atomic E-state index is 11.0. The molecule has 1 N–H and O–H groups in total. The Morgan fingerprint density at radius 3 is 2.57 bits per heavy atom. The van der Waals surface area contributed by atoms with Crippen LogP contribution < -0.4 is 0 Å². The molecule has 0 aromatic heterocycles. The summed E-state index contributed by atoms with van der Waals surface area (Å²) in [6.45, 7) is 2.03. The molecule has 21 heavy (non-hydrogen) atoms. The highest BCUT2D eigenvalue weighted by Crippen LogP contribution is 2.17. The highest BCUT2D eigenvalue weighted by molar-refractivity contribution is 5.60. The van der Waals surface area contributed by atoms with Gasteiger partial charge in [-0.15, -0.1) is 0 Å². The average Bonchev–Trinajstić information content (AvgIpc) is 2.52. The fourth-order valence-electron chi connectivity index (χ4n) is 1.81. The van der Waals surface area contributed by atoms with Crippen molar-refractivity contribution in [2.45, 2.75) is 32.6 Å². The molecule has 0 aliphatic rings. The second-order valence-corrected chi connectivity index (χ2v) is 4.53. The van der Waals surface area contributed by atoms with Crippen LogP contribution in [0.15, 0.2) is 47.4 Å². The summed E-state index contributed by atoms with van der Waals surface area (Å²) < 4.78 is 5.09. The van der Waals surface area contributed by atoms with Gasteiger partial charge in [-0.3, -0.25) is 0 Å². The van der Waals surface area contributed by atoms with Crippen LogP contribution in [0.1, 0.15) is 31.7 Å². The van der Waals surface area contributed by atoms with E-state index < -0.39 is 0 Å². The van der Waals surface area contributed by atoms with Gasteiger partial charge in [0, 0.05) is 6.42 Å². The number of unbranched alkanes of at least 4 members (excludes halogenated alkanes) is 1. The fourth-order valence-corrected chi connectivity index (χ4v) is 1.81. The van der Waals surface area contributed by atoms with Crippen molar-refractivity contribution in [3.8, 4) is 11.8 Å². The minimum absolute atomic E-state index is 0.124. The van der Waals surface area contributed by atoms with E-state index in [4.69, 9.17) is 4.74 Å². The van der Waals surface area contributed by atoms with E-state index in [0.29, 0.717) is 18.4 Å². The molecule has 3 heteroatoms. The predicted molar refractivity (Wildman–Crippen MR) is 83.3 cm³/mol. The standard InChI is InChI=1S/C18H20O3/c1-3-4-12-16(14-19)18(21-2)17(20)13-8-11-15-9-6-5-7-10-15/h5-7,9-10,20H,3-4,11-12H2,1-2H3/b18-17-. The van der Waals surface area contributed by atoms with Gasteiger partial charge in [0.1, 0.15) is 5.94 Å². The van der Waals surface area contributed by atoms with Gasteiger partial charge in [0.05, 0.1) is 12.7 Å². The first-order valence-electron chi connectivity index (χ1n) is 6.97. The molecular weight excluding hydrogens is 264 g/mol. The summed E-state index contributed by atoms with van der Waals surface area (Å²) in [6, 6.07) is 9.73. The number of carbonyl (C=O) groups excluding carboxylic acids is 1. The monoisotopic (exact) mass is 284 g/mol. The molecule has 0 amide bonds. The van der Waals surface area contributed by atoms with Crippen LogP contribution in [0.25, 0.3) is 0 Å². The molecule has 0 heterocycles. The third kappa shape index (κ3) is 5.60. The summed E-state index contributed by atoms with van der Waals surface area (Å²) in [5.74, 6) is 7.24. The molecule has 0 bridgehead atoms. The van der Waals surface area contributed by atoms with Crippen LogP contribution in [0.4, 0.5) is 0 Å². The summed E-state index contributed by atoms with van der Waals surface area (Å²) in [7, 11) is 1.41. The molecule has 0 saturated carbocycles. The van der Waals surface area contributed by atoms with Gasteiger partial charge in [-0.25, -0.2) is 4.79 Å². The van der Waals surface area contributed by atoms with Gasteiger partial charge in [-0.05, 0) is 24.3 Å². The SMILES string of the molecule is CCCCC(=C=O)/C(OC)=C(/O)C#CCc1ccccc1. The van der Waals surface area contributed by atoms with Gasteiger partial charge in [0.2, 0.25) is 5.76 Å². The number of hydrogen-bond donors (Lipinski definition) is 1. The van der Waals surface area contributed by atoms with E-state index in [-0.39, 0.29) is 11.5 Å². The van der Waals surface area contributed by atoms with Crippen molar-refractivity contribution in [3.05, 3.63) is 53.0 Å². The zero-order chi connectivity index (χ0) is 15.5. The predicted octanol–water partition coefficient (Wildman–Crippen LogP) is 3.60. The minimum Gasteiger partial charge on any atom is -0.498 e.